The summed E-state index contributed by atoms with van der Waals surface area (Å²) in [4.78, 5) is 18.1. The maximum Gasteiger partial charge on any atom is 0.282 e. The third kappa shape index (κ3) is 4.96. The number of rotatable bonds is 8. The van der Waals surface area contributed by atoms with Crippen LogP contribution >= 0.6 is 0 Å². The van der Waals surface area contributed by atoms with E-state index in [9.17, 15) is 9.65 Å². The van der Waals surface area contributed by atoms with E-state index in [4.69, 9.17) is 10.5 Å². The second kappa shape index (κ2) is 10.5. The molecule has 3 aromatic rings. The molecule has 218 valence electrons. The Bertz CT molecular complexity index is 1530. The smallest absolute Gasteiger partial charge is 0.282 e. The average Bonchev–Trinajstić information content (AvgIpc) is 3.71. The van der Waals surface area contributed by atoms with Gasteiger partial charge in [0.1, 0.15) is 24.0 Å². The van der Waals surface area contributed by atoms with Gasteiger partial charge in [-0.05, 0) is 62.1 Å². The van der Waals surface area contributed by atoms with Crippen LogP contribution in [-0.2, 0) is 0 Å². The Morgan fingerprint density at radius 1 is 1.14 bits per heavy atom. The van der Waals surface area contributed by atoms with Gasteiger partial charge < -0.3 is 15.4 Å². The molecule has 2 N–H and O–H groups in total. The maximum absolute atomic E-state index is 14.5. The molecule has 0 amide bonds. The molecule has 2 saturated carbocycles. The second-order valence-electron chi connectivity index (χ2n) is 13.0. The second-order valence-corrected chi connectivity index (χ2v) is 13.0. The van der Waals surface area contributed by atoms with Gasteiger partial charge in [-0.25, -0.2) is 19.3 Å². The van der Waals surface area contributed by atoms with Crippen LogP contribution in [0.5, 0.6) is 11.6 Å². The van der Waals surface area contributed by atoms with Crippen LogP contribution in [0, 0.1) is 34.4 Å². The normalized spacial score (nSPS) is 23.9. The van der Waals surface area contributed by atoms with Crippen LogP contribution < -0.4 is 15.4 Å². The lowest BCUT2D eigenvalue weighted by molar-refractivity contribution is -0.0667. The molecular formula is C31H36FN9O. The minimum Gasteiger partial charge on any atom is -0.434 e. The van der Waals surface area contributed by atoms with Crippen molar-refractivity contribution in [3.05, 3.63) is 48.1 Å². The van der Waals surface area contributed by atoms with E-state index in [0.717, 1.165) is 64.0 Å². The minimum atomic E-state index is -0.402. The van der Waals surface area contributed by atoms with E-state index < -0.39 is 5.82 Å². The van der Waals surface area contributed by atoms with E-state index in [-0.39, 0.29) is 23.0 Å². The molecule has 4 fully saturated rings. The highest BCUT2D eigenvalue weighted by Gasteiger charge is 2.52. The topological polar surface area (TPSA) is 130 Å². The Morgan fingerprint density at radius 2 is 1.95 bits per heavy atom. The number of hydrogen-bond donors (Lipinski definition) is 1. The number of hydrogen-bond acceptors (Lipinski definition) is 10. The van der Waals surface area contributed by atoms with Crippen molar-refractivity contribution in [2.75, 3.05) is 31.1 Å². The molecule has 0 unspecified atom stereocenters. The highest BCUT2D eigenvalue weighted by Crippen LogP contribution is 2.48. The Morgan fingerprint density at radius 3 is 2.67 bits per heavy atom. The number of ether oxygens (including phenoxy) is 1. The fourth-order valence-corrected chi connectivity index (χ4v) is 7.42. The van der Waals surface area contributed by atoms with Gasteiger partial charge in [-0.2, -0.15) is 5.26 Å². The van der Waals surface area contributed by atoms with Crippen molar-refractivity contribution in [3.8, 4) is 28.8 Å². The van der Waals surface area contributed by atoms with Crippen molar-refractivity contribution in [2.45, 2.75) is 64.0 Å². The number of benzene rings is 1. The first-order chi connectivity index (χ1) is 20.3. The van der Waals surface area contributed by atoms with Crippen molar-refractivity contribution >= 4 is 5.82 Å². The van der Waals surface area contributed by atoms with Gasteiger partial charge >= 0.3 is 0 Å². The van der Waals surface area contributed by atoms with Crippen molar-refractivity contribution in [1.82, 2.24) is 30.0 Å². The van der Waals surface area contributed by atoms with E-state index >= 15 is 0 Å². The Kier molecular flexibility index (Phi) is 6.78. The summed E-state index contributed by atoms with van der Waals surface area (Å²) in [6, 6.07) is 7.33. The monoisotopic (exact) mass is 569 g/mol. The van der Waals surface area contributed by atoms with Crippen molar-refractivity contribution < 1.29 is 9.13 Å². The first-order valence-electron chi connectivity index (χ1n) is 15.0. The lowest BCUT2D eigenvalue weighted by atomic mass is 9.68. The average molecular weight is 570 g/mol. The van der Waals surface area contributed by atoms with Gasteiger partial charge in [0.15, 0.2) is 5.82 Å². The lowest BCUT2D eigenvalue weighted by Crippen LogP contribution is -2.65. The fraction of sp³-hybridized carbons (Fsp3) is 0.548. The molecule has 2 saturated heterocycles. The molecule has 2 aliphatic heterocycles. The molecule has 1 atom stereocenters. The first kappa shape index (κ1) is 27.1. The number of halogens is 1. The third-order valence-electron chi connectivity index (χ3n) is 9.51. The molecule has 42 heavy (non-hydrogen) atoms. The summed E-state index contributed by atoms with van der Waals surface area (Å²) < 4.78 is 20.9. The van der Waals surface area contributed by atoms with Crippen LogP contribution in [0.2, 0.25) is 0 Å². The molecule has 4 aliphatic rings. The Hall–Kier alpha value is -3.75. The van der Waals surface area contributed by atoms with Crippen LogP contribution in [0.1, 0.15) is 63.4 Å². The van der Waals surface area contributed by atoms with Crippen LogP contribution in [0.3, 0.4) is 0 Å². The minimum absolute atomic E-state index is 0.105. The van der Waals surface area contributed by atoms with E-state index in [1.807, 2.05) is 6.07 Å². The van der Waals surface area contributed by atoms with Crippen molar-refractivity contribution in [2.24, 2.45) is 23.0 Å². The maximum atomic E-state index is 14.5. The van der Waals surface area contributed by atoms with Crippen molar-refractivity contribution in [3.63, 3.8) is 0 Å². The summed E-state index contributed by atoms with van der Waals surface area (Å²) in [6.45, 7) is 8.55. The number of anilines is 1. The van der Waals surface area contributed by atoms with Crippen LogP contribution in [0.15, 0.2) is 30.7 Å². The summed E-state index contributed by atoms with van der Waals surface area (Å²) in [5.74, 6) is 2.57. The predicted octanol–water partition coefficient (Wildman–Crippen LogP) is 4.28. The quantitative estimate of drug-likeness (QED) is 0.419. The number of likely N-dealkylation sites (tertiary alicyclic amines) is 1. The van der Waals surface area contributed by atoms with Crippen LogP contribution in [-0.4, -0.2) is 68.3 Å². The summed E-state index contributed by atoms with van der Waals surface area (Å²) in [5.41, 5.74) is 8.27. The predicted molar refractivity (Wildman–Crippen MR) is 154 cm³/mol. The van der Waals surface area contributed by atoms with Gasteiger partial charge in [0.2, 0.25) is 5.82 Å². The number of nitrogens with zero attached hydrogens (tertiary/aromatic N) is 8. The summed E-state index contributed by atoms with van der Waals surface area (Å²) in [7, 11) is 0. The van der Waals surface area contributed by atoms with Gasteiger partial charge in [0, 0.05) is 66.9 Å². The SMILES string of the molecule is CC(C)[C@H](C1CC(N)C1)N1CC2(CCN(c3ncnnc3Oc3ccc(F)cc3-c3cnc(C#N)nc3C3CC3)C2)C1. The van der Waals surface area contributed by atoms with E-state index in [1.165, 1.54) is 18.5 Å². The van der Waals surface area contributed by atoms with Crippen LogP contribution in [0.4, 0.5) is 10.2 Å². The number of aromatic nitrogens is 5. The molecule has 10 nitrogen and oxygen atoms in total. The van der Waals surface area contributed by atoms with Crippen molar-refractivity contribution in [1.29, 1.82) is 5.26 Å². The molecular weight excluding hydrogens is 533 g/mol. The molecule has 11 heteroatoms. The zero-order valence-electron chi connectivity index (χ0n) is 24.1. The number of nitrogens with two attached hydrogens (primary N) is 1. The van der Waals surface area contributed by atoms with Gasteiger partial charge in [-0.3, -0.25) is 4.90 Å². The third-order valence-corrected chi connectivity index (χ3v) is 9.51. The van der Waals surface area contributed by atoms with Gasteiger partial charge in [0.25, 0.3) is 5.88 Å². The standard InChI is InChI=1S/C31H36FN9O/c1-18(2)28(20-9-22(34)10-20)41-15-31(16-41)7-8-40(14-31)29-30(39-37-17-36-29)42-25-6-5-21(32)11-23(25)24-13-35-26(12-33)38-27(24)19-3-4-19/h5-6,11,13,17-20,22,28H,3-4,7-10,14-16,34H2,1-2H3/t20?,22?,28-/m1/s1. The van der Waals surface area contributed by atoms with E-state index in [1.54, 1.807) is 12.3 Å². The Labute approximate surface area is 245 Å². The lowest BCUT2D eigenvalue weighted by Gasteiger charge is -2.56. The zero-order chi connectivity index (χ0) is 29.0. The molecule has 2 aromatic heterocycles. The van der Waals surface area contributed by atoms with Gasteiger partial charge in [0.05, 0.1) is 5.69 Å². The first-order valence-corrected chi connectivity index (χ1v) is 15.0. The fourth-order valence-electron chi connectivity index (χ4n) is 7.42. The molecule has 4 heterocycles. The van der Waals surface area contributed by atoms with Crippen LogP contribution in [0.25, 0.3) is 11.1 Å². The summed E-state index contributed by atoms with van der Waals surface area (Å²) in [6.07, 6.45) is 8.32. The molecule has 1 spiro atoms. The Balaban J connectivity index is 1.12. The summed E-state index contributed by atoms with van der Waals surface area (Å²) >= 11 is 0. The van der Waals surface area contributed by atoms with Gasteiger partial charge in [-0.1, -0.05) is 13.8 Å². The molecule has 0 bridgehead atoms. The highest BCUT2D eigenvalue weighted by atomic mass is 19.1. The largest absolute Gasteiger partial charge is 0.434 e. The molecule has 2 aliphatic carbocycles. The molecule has 0 radical (unpaired) electrons. The summed E-state index contributed by atoms with van der Waals surface area (Å²) in [5, 5.41) is 17.7. The zero-order valence-corrected chi connectivity index (χ0v) is 24.1. The van der Waals surface area contributed by atoms with E-state index in [0.29, 0.717) is 46.6 Å². The molecule has 7 rings (SSSR count). The highest BCUT2D eigenvalue weighted by molar-refractivity contribution is 5.73. The van der Waals surface area contributed by atoms with E-state index in [2.05, 4.69) is 48.8 Å². The molecule has 1 aromatic carbocycles. The van der Waals surface area contributed by atoms with Gasteiger partial charge in [-0.15, -0.1) is 10.2 Å². The number of nitriles is 1.